The fourth-order valence-corrected chi connectivity index (χ4v) is 5.67. The van der Waals surface area contributed by atoms with Crippen LogP contribution in [0.15, 0.2) is 48.5 Å². The van der Waals surface area contributed by atoms with Crippen LogP contribution in [0, 0.1) is 0 Å². The Hall–Kier alpha value is -3.32. The van der Waals surface area contributed by atoms with Crippen molar-refractivity contribution < 1.29 is 19.1 Å². The molecule has 3 aromatic rings. The number of H-pyrrole nitrogens is 1. The first-order valence-corrected chi connectivity index (χ1v) is 11.6. The molecule has 2 amide bonds. The summed E-state index contributed by atoms with van der Waals surface area (Å²) in [6.45, 7) is 1.30. The van der Waals surface area contributed by atoms with Gasteiger partial charge in [0.2, 0.25) is 11.8 Å². The molecule has 7 heteroatoms. The Morgan fingerprint density at radius 2 is 2.03 bits per heavy atom. The summed E-state index contributed by atoms with van der Waals surface area (Å²) in [7, 11) is 1.63. The number of ether oxygens (including phenoxy) is 2. The number of hydrogen-bond acceptors (Lipinski definition) is 4. The van der Waals surface area contributed by atoms with Gasteiger partial charge in [0.05, 0.1) is 25.8 Å². The number of aromatic amines is 1. The first-order valence-electron chi connectivity index (χ1n) is 11.6. The van der Waals surface area contributed by atoms with Crippen LogP contribution in [0.3, 0.4) is 0 Å². The molecule has 2 fully saturated rings. The Balaban J connectivity index is 1.46. The van der Waals surface area contributed by atoms with Gasteiger partial charge in [-0.1, -0.05) is 30.3 Å². The van der Waals surface area contributed by atoms with E-state index in [2.05, 4.69) is 11.1 Å². The van der Waals surface area contributed by atoms with Crippen LogP contribution >= 0.6 is 0 Å². The fraction of sp³-hybridized carbons (Fsp3) is 0.385. The molecule has 2 saturated heterocycles. The summed E-state index contributed by atoms with van der Waals surface area (Å²) in [4.78, 5) is 34.3. The van der Waals surface area contributed by atoms with E-state index in [0.717, 1.165) is 52.9 Å². The highest BCUT2D eigenvalue weighted by molar-refractivity contribution is 5.97. The molecule has 2 aromatic carbocycles. The van der Waals surface area contributed by atoms with Gasteiger partial charge in [-0.05, 0) is 42.2 Å². The van der Waals surface area contributed by atoms with Crippen molar-refractivity contribution >= 4 is 22.7 Å². The third-order valence-electron chi connectivity index (χ3n) is 7.20. The van der Waals surface area contributed by atoms with Crippen molar-refractivity contribution in [2.45, 2.75) is 37.5 Å². The van der Waals surface area contributed by atoms with E-state index in [4.69, 9.17) is 9.47 Å². The van der Waals surface area contributed by atoms with Crippen LogP contribution in [0.5, 0.6) is 5.75 Å². The van der Waals surface area contributed by atoms with E-state index >= 15 is 0 Å². The van der Waals surface area contributed by atoms with Gasteiger partial charge in [0.25, 0.3) is 0 Å². The van der Waals surface area contributed by atoms with Crippen molar-refractivity contribution in [2.24, 2.45) is 0 Å². The van der Waals surface area contributed by atoms with Gasteiger partial charge >= 0.3 is 0 Å². The van der Waals surface area contributed by atoms with Crippen LogP contribution in [0.2, 0.25) is 0 Å². The van der Waals surface area contributed by atoms with E-state index < -0.39 is 6.04 Å². The minimum absolute atomic E-state index is 0.00827. The molecule has 7 nitrogen and oxygen atoms in total. The molecule has 170 valence electrons. The van der Waals surface area contributed by atoms with Gasteiger partial charge in [-0.3, -0.25) is 9.59 Å². The SMILES string of the molecule is COc1cccc([C@@H]2c3[nH]c4ccccc4c3C[C@H]3C(=O)N(C[C@@H]4CCCO4)CC(=O)N23)c1. The van der Waals surface area contributed by atoms with Gasteiger partial charge < -0.3 is 24.3 Å². The molecule has 4 heterocycles. The smallest absolute Gasteiger partial charge is 0.246 e. The molecule has 3 atom stereocenters. The molecule has 1 aromatic heterocycles. The second-order valence-corrected chi connectivity index (χ2v) is 9.12. The van der Waals surface area contributed by atoms with Gasteiger partial charge in [-0.25, -0.2) is 0 Å². The molecule has 6 rings (SSSR count). The number of fused-ring (bicyclic) bond motifs is 4. The Bertz CT molecular complexity index is 1230. The van der Waals surface area contributed by atoms with Gasteiger partial charge in [0.1, 0.15) is 11.8 Å². The van der Waals surface area contributed by atoms with Gasteiger partial charge in [-0.2, -0.15) is 0 Å². The summed E-state index contributed by atoms with van der Waals surface area (Å²) in [5, 5.41) is 1.11. The molecule has 0 bridgehead atoms. The number of piperazine rings is 1. The van der Waals surface area contributed by atoms with Crippen LogP contribution < -0.4 is 4.74 Å². The second kappa shape index (κ2) is 7.92. The van der Waals surface area contributed by atoms with E-state index in [9.17, 15) is 9.59 Å². The van der Waals surface area contributed by atoms with E-state index in [1.807, 2.05) is 42.5 Å². The van der Waals surface area contributed by atoms with Crippen molar-refractivity contribution in [1.82, 2.24) is 14.8 Å². The highest BCUT2D eigenvalue weighted by Gasteiger charge is 2.48. The summed E-state index contributed by atoms with van der Waals surface area (Å²) >= 11 is 0. The summed E-state index contributed by atoms with van der Waals surface area (Å²) in [6, 6.07) is 15.0. The predicted octanol–water partition coefficient (Wildman–Crippen LogP) is 3.04. The van der Waals surface area contributed by atoms with Crippen molar-refractivity contribution in [3.05, 3.63) is 65.4 Å². The largest absolute Gasteiger partial charge is 0.497 e. The van der Waals surface area contributed by atoms with Crippen molar-refractivity contribution in [3.63, 3.8) is 0 Å². The highest BCUT2D eigenvalue weighted by atomic mass is 16.5. The summed E-state index contributed by atoms with van der Waals surface area (Å²) < 4.78 is 11.2. The lowest BCUT2D eigenvalue weighted by molar-refractivity contribution is -0.159. The zero-order valence-electron chi connectivity index (χ0n) is 18.6. The lowest BCUT2D eigenvalue weighted by Crippen LogP contribution is -2.63. The molecular formula is C26H27N3O4. The zero-order valence-corrected chi connectivity index (χ0v) is 18.6. The Kier molecular flexibility index (Phi) is 4.87. The molecule has 1 N–H and O–H groups in total. The number of benzene rings is 2. The first kappa shape index (κ1) is 20.3. The van der Waals surface area contributed by atoms with E-state index in [1.54, 1.807) is 16.9 Å². The quantitative estimate of drug-likeness (QED) is 0.670. The number of aromatic nitrogens is 1. The summed E-state index contributed by atoms with van der Waals surface area (Å²) in [5.74, 6) is 0.701. The van der Waals surface area contributed by atoms with Crippen LogP contribution in [-0.2, 0) is 20.7 Å². The van der Waals surface area contributed by atoms with Crippen molar-refractivity contribution in [2.75, 3.05) is 26.8 Å². The molecule has 0 saturated carbocycles. The Morgan fingerprint density at radius 1 is 1.15 bits per heavy atom. The number of nitrogens with one attached hydrogen (secondary N) is 1. The van der Waals surface area contributed by atoms with Crippen molar-refractivity contribution in [1.29, 1.82) is 0 Å². The van der Waals surface area contributed by atoms with Gasteiger partial charge in [0, 0.05) is 36.2 Å². The fourth-order valence-electron chi connectivity index (χ4n) is 5.67. The minimum atomic E-state index is -0.532. The summed E-state index contributed by atoms with van der Waals surface area (Å²) in [5.41, 5.74) is 4.04. The van der Waals surface area contributed by atoms with Crippen molar-refractivity contribution in [3.8, 4) is 5.75 Å². The molecule has 3 aliphatic heterocycles. The third kappa shape index (κ3) is 3.30. The van der Waals surface area contributed by atoms with Crippen LogP contribution in [0.1, 0.15) is 35.7 Å². The number of carbonyl (C=O) groups is 2. The maximum atomic E-state index is 13.7. The Labute approximate surface area is 192 Å². The Morgan fingerprint density at radius 3 is 2.85 bits per heavy atom. The molecule has 0 aliphatic carbocycles. The number of amides is 2. The maximum absolute atomic E-state index is 13.7. The van der Waals surface area contributed by atoms with E-state index in [1.165, 1.54) is 0 Å². The number of nitrogens with zero attached hydrogens (tertiary/aromatic N) is 2. The standard InChI is InChI=1S/C26H27N3O4/c1-32-17-7-4-6-16(12-17)25-24-20(19-9-2-3-10-21(19)27-24)13-22-26(31)28(15-23(30)29(22)25)14-18-8-5-11-33-18/h2-4,6-7,9-10,12,18,22,25,27H,5,8,11,13-15H2,1H3/t18-,22-,25+/m0/s1. The first-order chi connectivity index (χ1) is 16.1. The van der Waals surface area contributed by atoms with E-state index in [-0.39, 0.29) is 30.5 Å². The van der Waals surface area contributed by atoms with Crippen LogP contribution in [0.25, 0.3) is 10.9 Å². The number of hydrogen-bond donors (Lipinski definition) is 1. The monoisotopic (exact) mass is 445 g/mol. The van der Waals surface area contributed by atoms with E-state index in [0.29, 0.717) is 13.0 Å². The third-order valence-corrected chi connectivity index (χ3v) is 7.20. The molecule has 0 spiro atoms. The number of methoxy groups -OCH3 is 1. The molecule has 0 radical (unpaired) electrons. The maximum Gasteiger partial charge on any atom is 0.246 e. The summed E-state index contributed by atoms with van der Waals surface area (Å²) in [6.07, 6.45) is 2.47. The highest BCUT2D eigenvalue weighted by Crippen LogP contribution is 2.43. The topological polar surface area (TPSA) is 74.9 Å². The number of rotatable bonds is 4. The lowest BCUT2D eigenvalue weighted by atomic mass is 9.86. The average molecular weight is 446 g/mol. The van der Waals surface area contributed by atoms with Crippen LogP contribution in [-0.4, -0.2) is 65.6 Å². The predicted molar refractivity (Wildman–Crippen MR) is 123 cm³/mol. The second-order valence-electron chi connectivity index (χ2n) is 9.12. The zero-order chi connectivity index (χ0) is 22.5. The van der Waals surface area contributed by atoms with Crippen LogP contribution in [0.4, 0.5) is 0 Å². The average Bonchev–Trinajstić information content (AvgIpc) is 3.48. The molecule has 33 heavy (non-hydrogen) atoms. The van der Waals surface area contributed by atoms with Gasteiger partial charge in [0.15, 0.2) is 0 Å². The lowest BCUT2D eigenvalue weighted by Gasteiger charge is -2.47. The minimum Gasteiger partial charge on any atom is -0.497 e. The number of carbonyl (C=O) groups excluding carboxylic acids is 2. The van der Waals surface area contributed by atoms with Gasteiger partial charge in [-0.15, -0.1) is 0 Å². The molecule has 3 aliphatic rings. The number of para-hydroxylation sites is 1. The molecular weight excluding hydrogens is 418 g/mol. The molecule has 0 unspecified atom stereocenters. The normalized spacial score (nSPS) is 24.8.